The Balaban J connectivity index is 1.41. The Morgan fingerprint density at radius 1 is 1.03 bits per heavy atom. The van der Waals surface area contributed by atoms with Gasteiger partial charge in [-0.3, -0.25) is 14.6 Å². The van der Waals surface area contributed by atoms with Gasteiger partial charge in [0.05, 0.1) is 5.56 Å². The van der Waals surface area contributed by atoms with Gasteiger partial charge in [0.25, 0.3) is 5.91 Å². The summed E-state index contributed by atoms with van der Waals surface area (Å²) in [6.07, 6.45) is 4.95. The number of pyridine rings is 2. The summed E-state index contributed by atoms with van der Waals surface area (Å²) in [6.45, 7) is 6.03. The van der Waals surface area contributed by atoms with Crippen molar-refractivity contribution in [3.63, 3.8) is 0 Å². The first-order valence-corrected chi connectivity index (χ1v) is 11.6. The number of piperidine rings is 1. The number of carbonyl (C=O) groups excluding carboxylic acids is 2. The van der Waals surface area contributed by atoms with Crippen LogP contribution in [0.4, 0.5) is 11.5 Å². The van der Waals surface area contributed by atoms with Gasteiger partial charge in [-0.05, 0) is 80.6 Å². The number of hydrogen-bond acceptors (Lipinski definition) is 5. The van der Waals surface area contributed by atoms with Crippen molar-refractivity contribution in [3.05, 3.63) is 83.3 Å². The zero-order chi connectivity index (χ0) is 23.2. The van der Waals surface area contributed by atoms with Gasteiger partial charge in [0.2, 0.25) is 0 Å². The average molecular weight is 443 g/mol. The third kappa shape index (κ3) is 5.83. The van der Waals surface area contributed by atoms with Crippen molar-refractivity contribution in [2.24, 2.45) is 5.92 Å². The molecule has 1 aliphatic heterocycles. The monoisotopic (exact) mass is 442 g/mol. The van der Waals surface area contributed by atoms with Crippen molar-refractivity contribution in [2.45, 2.75) is 39.5 Å². The standard InChI is InChI=1S/C27H30N4O2/c1-19-14-17-31(18-15-19)26-24(12-6-20(2)29-26)27(33)30-23-9-7-21(8-10-23)25(32)13-11-22-5-3-4-16-28-22/h3-10,12,16,19H,11,13-15,17-18H2,1-2H3,(H,30,33). The first kappa shape index (κ1) is 22.6. The van der Waals surface area contributed by atoms with Gasteiger partial charge >= 0.3 is 0 Å². The summed E-state index contributed by atoms with van der Waals surface area (Å²) in [5.41, 5.74) is 3.66. The molecule has 0 atom stereocenters. The molecule has 0 spiro atoms. The van der Waals surface area contributed by atoms with Crippen LogP contribution in [-0.2, 0) is 6.42 Å². The minimum absolute atomic E-state index is 0.0582. The second kappa shape index (κ2) is 10.4. The van der Waals surface area contributed by atoms with Gasteiger partial charge in [-0.2, -0.15) is 0 Å². The number of carbonyl (C=O) groups is 2. The van der Waals surface area contributed by atoms with E-state index in [1.807, 2.05) is 37.3 Å². The van der Waals surface area contributed by atoms with Crippen molar-refractivity contribution in [1.29, 1.82) is 0 Å². The minimum atomic E-state index is -0.189. The molecule has 6 heteroatoms. The fourth-order valence-corrected chi connectivity index (χ4v) is 4.05. The maximum atomic E-state index is 13.1. The molecule has 1 aromatic carbocycles. The topological polar surface area (TPSA) is 75.2 Å². The van der Waals surface area contributed by atoms with E-state index in [9.17, 15) is 9.59 Å². The van der Waals surface area contributed by atoms with Crippen molar-refractivity contribution < 1.29 is 9.59 Å². The normalized spacial score (nSPS) is 14.2. The predicted octanol–water partition coefficient (Wildman–Crippen LogP) is 5.09. The van der Waals surface area contributed by atoms with Crippen LogP contribution in [0.1, 0.15) is 58.3 Å². The summed E-state index contributed by atoms with van der Waals surface area (Å²) in [5, 5.41) is 2.96. The van der Waals surface area contributed by atoms with Crippen LogP contribution < -0.4 is 10.2 Å². The lowest BCUT2D eigenvalue weighted by Crippen LogP contribution is -2.35. The van der Waals surface area contributed by atoms with Gasteiger partial charge in [0.15, 0.2) is 5.78 Å². The van der Waals surface area contributed by atoms with E-state index >= 15 is 0 Å². The largest absolute Gasteiger partial charge is 0.356 e. The van der Waals surface area contributed by atoms with Crippen LogP contribution in [-0.4, -0.2) is 34.7 Å². The van der Waals surface area contributed by atoms with E-state index in [4.69, 9.17) is 0 Å². The van der Waals surface area contributed by atoms with E-state index in [-0.39, 0.29) is 11.7 Å². The van der Waals surface area contributed by atoms with Gasteiger partial charge in [-0.1, -0.05) is 13.0 Å². The Labute approximate surface area is 195 Å². The molecule has 0 unspecified atom stereocenters. The van der Waals surface area contributed by atoms with E-state index < -0.39 is 0 Å². The summed E-state index contributed by atoms with van der Waals surface area (Å²) in [4.78, 5) is 36.8. The number of amides is 1. The Bertz CT molecular complexity index is 1100. The Kier molecular flexibility index (Phi) is 7.13. The molecule has 3 aromatic rings. The zero-order valence-corrected chi connectivity index (χ0v) is 19.3. The van der Waals surface area contributed by atoms with Crippen LogP contribution in [0.2, 0.25) is 0 Å². The number of benzene rings is 1. The molecule has 33 heavy (non-hydrogen) atoms. The lowest BCUT2D eigenvalue weighted by molar-refractivity contribution is 0.0981. The second-order valence-electron chi connectivity index (χ2n) is 8.77. The number of nitrogens with one attached hydrogen (secondary N) is 1. The highest BCUT2D eigenvalue weighted by molar-refractivity contribution is 6.08. The Morgan fingerprint density at radius 3 is 2.48 bits per heavy atom. The Morgan fingerprint density at radius 2 is 1.79 bits per heavy atom. The van der Waals surface area contributed by atoms with Crippen molar-refractivity contribution in [2.75, 3.05) is 23.3 Å². The van der Waals surface area contributed by atoms with Crippen LogP contribution in [0.15, 0.2) is 60.8 Å². The van der Waals surface area contributed by atoms with E-state index in [0.717, 1.165) is 43.1 Å². The van der Waals surface area contributed by atoms with Crippen LogP contribution in [0.3, 0.4) is 0 Å². The third-order valence-electron chi connectivity index (χ3n) is 6.14. The van der Waals surface area contributed by atoms with Gasteiger partial charge in [-0.15, -0.1) is 0 Å². The molecule has 0 aliphatic carbocycles. The molecule has 4 rings (SSSR count). The molecule has 1 fully saturated rings. The van der Waals surface area contributed by atoms with Crippen LogP contribution >= 0.6 is 0 Å². The second-order valence-corrected chi connectivity index (χ2v) is 8.77. The minimum Gasteiger partial charge on any atom is -0.356 e. The molecular formula is C27H30N4O2. The smallest absolute Gasteiger partial charge is 0.259 e. The number of aryl methyl sites for hydroxylation is 2. The molecule has 1 N–H and O–H groups in total. The predicted molar refractivity (Wildman–Crippen MR) is 131 cm³/mol. The zero-order valence-electron chi connectivity index (χ0n) is 19.3. The first-order valence-electron chi connectivity index (χ1n) is 11.6. The molecule has 170 valence electrons. The molecule has 0 bridgehead atoms. The maximum absolute atomic E-state index is 13.1. The SMILES string of the molecule is Cc1ccc(C(=O)Nc2ccc(C(=O)CCc3ccccn3)cc2)c(N2CCC(C)CC2)n1. The van der Waals surface area contributed by atoms with Crippen molar-refractivity contribution >= 4 is 23.2 Å². The van der Waals surface area contributed by atoms with E-state index in [1.54, 1.807) is 30.5 Å². The molecule has 1 saturated heterocycles. The molecule has 1 aliphatic rings. The lowest BCUT2D eigenvalue weighted by Gasteiger charge is -2.32. The number of anilines is 2. The van der Waals surface area contributed by atoms with Crippen molar-refractivity contribution in [1.82, 2.24) is 9.97 Å². The summed E-state index contributed by atoms with van der Waals surface area (Å²) in [5.74, 6) is 1.32. The fourth-order valence-electron chi connectivity index (χ4n) is 4.05. The maximum Gasteiger partial charge on any atom is 0.259 e. The van der Waals surface area contributed by atoms with E-state index in [0.29, 0.717) is 35.6 Å². The van der Waals surface area contributed by atoms with Gasteiger partial charge in [-0.25, -0.2) is 4.98 Å². The van der Waals surface area contributed by atoms with E-state index in [1.165, 1.54) is 0 Å². The number of nitrogens with zero attached hydrogens (tertiary/aromatic N) is 3. The lowest BCUT2D eigenvalue weighted by atomic mass is 9.99. The summed E-state index contributed by atoms with van der Waals surface area (Å²) in [6, 6.07) is 16.5. The van der Waals surface area contributed by atoms with Crippen LogP contribution in [0.5, 0.6) is 0 Å². The molecule has 0 saturated carbocycles. The van der Waals surface area contributed by atoms with Crippen molar-refractivity contribution in [3.8, 4) is 0 Å². The van der Waals surface area contributed by atoms with Gasteiger partial charge < -0.3 is 10.2 Å². The molecule has 6 nitrogen and oxygen atoms in total. The fraction of sp³-hybridized carbons (Fsp3) is 0.333. The van der Waals surface area contributed by atoms with Crippen LogP contribution in [0.25, 0.3) is 0 Å². The number of aromatic nitrogens is 2. The molecule has 2 aromatic heterocycles. The summed E-state index contributed by atoms with van der Waals surface area (Å²) >= 11 is 0. The number of Topliss-reactive ketones (excluding diaryl/α,β-unsaturated/α-hetero) is 1. The number of rotatable bonds is 7. The summed E-state index contributed by atoms with van der Waals surface area (Å²) < 4.78 is 0. The third-order valence-corrected chi connectivity index (χ3v) is 6.14. The Hall–Kier alpha value is -3.54. The molecule has 0 radical (unpaired) electrons. The highest BCUT2D eigenvalue weighted by Gasteiger charge is 2.22. The molecule has 3 heterocycles. The number of ketones is 1. The molecular weight excluding hydrogens is 412 g/mol. The van der Waals surface area contributed by atoms with Gasteiger partial charge in [0, 0.05) is 48.3 Å². The number of hydrogen-bond donors (Lipinski definition) is 1. The quantitative estimate of drug-likeness (QED) is 0.516. The highest BCUT2D eigenvalue weighted by atomic mass is 16.1. The van der Waals surface area contributed by atoms with E-state index in [2.05, 4.69) is 27.1 Å². The summed E-state index contributed by atoms with van der Waals surface area (Å²) in [7, 11) is 0. The van der Waals surface area contributed by atoms with Gasteiger partial charge in [0.1, 0.15) is 5.82 Å². The average Bonchev–Trinajstić information content (AvgIpc) is 2.84. The first-order chi connectivity index (χ1) is 16.0. The van der Waals surface area contributed by atoms with Crippen LogP contribution in [0, 0.1) is 12.8 Å². The molecule has 1 amide bonds. The highest BCUT2D eigenvalue weighted by Crippen LogP contribution is 2.26.